The van der Waals surface area contributed by atoms with Crippen LogP contribution >= 0.6 is 11.6 Å². The van der Waals surface area contributed by atoms with Gasteiger partial charge in [-0.2, -0.15) is 0 Å². The SMILES string of the molecule is C=CCCOC(=O)CCCCl. The Labute approximate surface area is 72.2 Å². The first kappa shape index (κ1) is 10.5. The van der Waals surface area contributed by atoms with Gasteiger partial charge in [0.25, 0.3) is 0 Å². The molecule has 0 saturated heterocycles. The van der Waals surface area contributed by atoms with Gasteiger partial charge >= 0.3 is 5.97 Å². The Morgan fingerprint density at radius 2 is 2.36 bits per heavy atom. The molecule has 0 unspecified atom stereocenters. The Bertz CT molecular complexity index is 123. The molecule has 0 N–H and O–H groups in total. The quantitative estimate of drug-likeness (QED) is 0.268. The van der Waals surface area contributed by atoms with Crippen molar-refractivity contribution in [3.8, 4) is 0 Å². The van der Waals surface area contributed by atoms with E-state index in [9.17, 15) is 4.79 Å². The van der Waals surface area contributed by atoms with E-state index in [1.807, 2.05) is 0 Å². The lowest BCUT2D eigenvalue weighted by molar-refractivity contribution is -0.143. The van der Waals surface area contributed by atoms with Crippen LogP contribution in [0.25, 0.3) is 0 Å². The number of halogens is 1. The number of carbonyl (C=O) groups is 1. The number of hydrogen-bond acceptors (Lipinski definition) is 2. The minimum absolute atomic E-state index is 0.174. The third-order valence-corrected chi connectivity index (χ3v) is 1.37. The van der Waals surface area contributed by atoms with Gasteiger partial charge in [-0.3, -0.25) is 4.79 Å². The molecule has 0 fully saturated rings. The lowest BCUT2D eigenvalue weighted by atomic mass is 10.3. The van der Waals surface area contributed by atoms with Gasteiger partial charge < -0.3 is 4.74 Å². The third-order valence-electron chi connectivity index (χ3n) is 1.10. The van der Waals surface area contributed by atoms with Crippen LogP contribution in [0, 0.1) is 0 Å². The maximum Gasteiger partial charge on any atom is 0.305 e. The molecule has 0 rings (SSSR count). The summed E-state index contributed by atoms with van der Waals surface area (Å²) in [4.78, 5) is 10.8. The second kappa shape index (κ2) is 7.61. The van der Waals surface area contributed by atoms with E-state index >= 15 is 0 Å². The highest BCUT2D eigenvalue weighted by Crippen LogP contribution is 1.95. The molecule has 0 aliphatic heterocycles. The maximum absolute atomic E-state index is 10.8. The van der Waals surface area contributed by atoms with Gasteiger partial charge in [-0.15, -0.1) is 18.2 Å². The first-order valence-corrected chi connectivity index (χ1v) is 4.17. The Hall–Kier alpha value is -0.500. The summed E-state index contributed by atoms with van der Waals surface area (Å²) in [5.74, 6) is 0.337. The first-order valence-electron chi connectivity index (χ1n) is 3.63. The van der Waals surface area contributed by atoms with Gasteiger partial charge in [-0.25, -0.2) is 0 Å². The minimum Gasteiger partial charge on any atom is -0.465 e. The lowest BCUT2D eigenvalue weighted by Crippen LogP contribution is -2.05. The van der Waals surface area contributed by atoms with Gasteiger partial charge in [0.1, 0.15) is 0 Å². The van der Waals surface area contributed by atoms with Crippen molar-refractivity contribution in [1.82, 2.24) is 0 Å². The standard InChI is InChI=1S/C8H13ClO2/c1-2-3-7-11-8(10)5-4-6-9/h2H,1,3-7H2. The molecule has 0 aliphatic rings. The fourth-order valence-electron chi connectivity index (χ4n) is 0.539. The second-order valence-corrected chi connectivity index (χ2v) is 2.47. The topological polar surface area (TPSA) is 26.3 Å². The molecule has 64 valence electrons. The van der Waals surface area contributed by atoms with Gasteiger partial charge in [-0.1, -0.05) is 6.08 Å². The fraction of sp³-hybridized carbons (Fsp3) is 0.625. The molecule has 0 aromatic heterocycles. The summed E-state index contributed by atoms with van der Waals surface area (Å²) in [6.07, 6.45) is 3.54. The largest absolute Gasteiger partial charge is 0.465 e. The Kier molecular flexibility index (Phi) is 7.26. The average molecular weight is 177 g/mol. The van der Waals surface area contributed by atoms with Crippen molar-refractivity contribution < 1.29 is 9.53 Å². The van der Waals surface area contributed by atoms with Crippen LogP contribution in [0.2, 0.25) is 0 Å². The van der Waals surface area contributed by atoms with E-state index in [0.29, 0.717) is 31.7 Å². The molecule has 0 aromatic rings. The molecular formula is C8H13ClO2. The smallest absolute Gasteiger partial charge is 0.305 e. The van der Waals surface area contributed by atoms with Gasteiger partial charge in [-0.05, 0) is 12.8 Å². The van der Waals surface area contributed by atoms with E-state index in [2.05, 4.69) is 6.58 Å². The lowest BCUT2D eigenvalue weighted by Gasteiger charge is -2.00. The predicted molar refractivity (Wildman–Crippen MR) is 45.7 cm³/mol. The third kappa shape index (κ3) is 7.40. The molecule has 11 heavy (non-hydrogen) atoms. The highest BCUT2D eigenvalue weighted by Gasteiger charge is 1.99. The van der Waals surface area contributed by atoms with E-state index in [0.717, 1.165) is 0 Å². The molecule has 3 heteroatoms. The number of rotatable bonds is 6. The van der Waals surface area contributed by atoms with Crippen molar-refractivity contribution in [2.45, 2.75) is 19.3 Å². The van der Waals surface area contributed by atoms with Crippen LogP contribution in [0.15, 0.2) is 12.7 Å². The van der Waals surface area contributed by atoms with Crippen molar-refractivity contribution >= 4 is 17.6 Å². The number of ether oxygens (including phenoxy) is 1. The number of alkyl halides is 1. The molecule has 2 nitrogen and oxygen atoms in total. The molecular weight excluding hydrogens is 164 g/mol. The zero-order valence-electron chi connectivity index (χ0n) is 6.51. The first-order chi connectivity index (χ1) is 5.31. The van der Waals surface area contributed by atoms with Crippen molar-refractivity contribution in [3.05, 3.63) is 12.7 Å². The van der Waals surface area contributed by atoms with Crippen molar-refractivity contribution in [2.75, 3.05) is 12.5 Å². The number of esters is 1. The van der Waals surface area contributed by atoms with Crippen LogP contribution in [0.4, 0.5) is 0 Å². The fourth-order valence-corrected chi connectivity index (χ4v) is 0.673. The summed E-state index contributed by atoms with van der Waals surface area (Å²) in [6, 6.07) is 0. The van der Waals surface area contributed by atoms with E-state index in [4.69, 9.17) is 16.3 Å². The Balaban J connectivity index is 3.15. The zero-order valence-corrected chi connectivity index (χ0v) is 7.27. The van der Waals surface area contributed by atoms with E-state index in [1.54, 1.807) is 6.08 Å². The summed E-state index contributed by atoms with van der Waals surface area (Å²) in [5, 5.41) is 0. The van der Waals surface area contributed by atoms with Gasteiger partial charge in [0.05, 0.1) is 6.61 Å². The van der Waals surface area contributed by atoms with Crippen LogP contribution in [-0.2, 0) is 9.53 Å². The molecule has 0 radical (unpaired) electrons. The molecule has 0 amide bonds. The molecule has 0 atom stereocenters. The molecule has 0 aliphatic carbocycles. The van der Waals surface area contributed by atoms with E-state index in [1.165, 1.54) is 0 Å². The summed E-state index contributed by atoms with van der Waals surface area (Å²) in [5.41, 5.74) is 0. The number of hydrogen-bond donors (Lipinski definition) is 0. The van der Waals surface area contributed by atoms with E-state index in [-0.39, 0.29) is 5.97 Å². The number of carbonyl (C=O) groups excluding carboxylic acids is 1. The van der Waals surface area contributed by atoms with Crippen molar-refractivity contribution in [2.24, 2.45) is 0 Å². The van der Waals surface area contributed by atoms with Crippen LogP contribution in [0.1, 0.15) is 19.3 Å². The highest BCUT2D eigenvalue weighted by atomic mass is 35.5. The molecule has 0 aromatic carbocycles. The summed E-state index contributed by atoms with van der Waals surface area (Å²) < 4.78 is 4.82. The molecule has 0 spiro atoms. The predicted octanol–water partition coefficient (Wildman–Crippen LogP) is 2.12. The normalized spacial score (nSPS) is 9.18. The average Bonchev–Trinajstić information content (AvgIpc) is 2.01. The van der Waals surface area contributed by atoms with Crippen molar-refractivity contribution in [3.63, 3.8) is 0 Å². The van der Waals surface area contributed by atoms with Crippen LogP contribution in [0.3, 0.4) is 0 Å². The zero-order chi connectivity index (χ0) is 8.53. The Morgan fingerprint density at radius 3 is 2.91 bits per heavy atom. The Morgan fingerprint density at radius 1 is 1.64 bits per heavy atom. The second-order valence-electron chi connectivity index (χ2n) is 2.09. The van der Waals surface area contributed by atoms with Gasteiger partial charge in [0.15, 0.2) is 0 Å². The van der Waals surface area contributed by atoms with Gasteiger partial charge in [0, 0.05) is 12.3 Å². The van der Waals surface area contributed by atoms with Crippen LogP contribution in [0.5, 0.6) is 0 Å². The summed E-state index contributed by atoms with van der Waals surface area (Å²) in [6.45, 7) is 3.94. The van der Waals surface area contributed by atoms with Crippen LogP contribution < -0.4 is 0 Å². The maximum atomic E-state index is 10.8. The molecule has 0 bridgehead atoms. The summed E-state index contributed by atoms with van der Waals surface area (Å²) >= 11 is 5.38. The molecule has 0 saturated carbocycles. The monoisotopic (exact) mass is 176 g/mol. The van der Waals surface area contributed by atoms with Gasteiger partial charge in [0.2, 0.25) is 0 Å². The highest BCUT2D eigenvalue weighted by molar-refractivity contribution is 6.17. The van der Waals surface area contributed by atoms with Crippen molar-refractivity contribution in [1.29, 1.82) is 0 Å². The minimum atomic E-state index is -0.174. The van der Waals surface area contributed by atoms with Crippen LogP contribution in [-0.4, -0.2) is 18.5 Å². The van der Waals surface area contributed by atoms with E-state index < -0.39 is 0 Å². The molecule has 0 heterocycles. The summed E-state index contributed by atoms with van der Waals surface area (Å²) in [7, 11) is 0.